The summed E-state index contributed by atoms with van der Waals surface area (Å²) in [6, 6.07) is 20.7. The number of rotatable bonds is 9. The van der Waals surface area contributed by atoms with E-state index in [9.17, 15) is 14.9 Å². The fraction of sp³-hybridized carbons (Fsp3) is 0.179. The first-order valence-electron chi connectivity index (χ1n) is 12.3. The number of nitrogens with zero attached hydrogens (tertiary/aromatic N) is 4. The Morgan fingerprint density at radius 1 is 1.10 bits per heavy atom. The zero-order valence-corrected chi connectivity index (χ0v) is 22.5. The van der Waals surface area contributed by atoms with E-state index < -0.39 is 4.92 Å². The lowest BCUT2D eigenvalue weighted by molar-refractivity contribution is -0.384. The number of ether oxygens (including phenoxy) is 2. The highest BCUT2D eigenvalue weighted by Crippen LogP contribution is 2.43. The standard InChI is InChI=1S/C28H26N6O5S/c1-38-17-25(35)30-22-16-20(12-13-24(22)39-2)33-27(26(31-28(33)40)21-6-3-4-14-29-21)23-7-5-15-32(23)18-8-10-19(11-9-18)34(36)37/h3-16,26-27H,17H2,1-2H3,(H,30,35)(H,31,40)/t26-,27+/m1/s1. The van der Waals surface area contributed by atoms with E-state index in [0.29, 0.717) is 22.2 Å². The largest absolute Gasteiger partial charge is 0.495 e. The number of nitrogens with one attached hydrogen (secondary N) is 2. The van der Waals surface area contributed by atoms with E-state index in [2.05, 4.69) is 15.6 Å². The van der Waals surface area contributed by atoms with E-state index >= 15 is 0 Å². The van der Waals surface area contributed by atoms with Gasteiger partial charge in [-0.15, -0.1) is 0 Å². The first-order valence-corrected chi connectivity index (χ1v) is 12.7. The van der Waals surface area contributed by atoms with Gasteiger partial charge in [-0.25, -0.2) is 0 Å². The van der Waals surface area contributed by atoms with Gasteiger partial charge in [-0.1, -0.05) is 6.07 Å². The number of carbonyl (C=O) groups excluding carboxylic acids is 1. The van der Waals surface area contributed by atoms with Crippen LogP contribution in [0.15, 0.2) is 85.2 Å². The molecule has 0 unspecified atom stereocenters. The molecular formula is C28H26N6O5S. The third-order valence-electron chi connectivity index (χ3n) is 6.53. The summed E-state index contributed by atoms with van der Waals surface area (Å²) in [6.07, 6.45) is 3.63. The van der Waals surface area contributed by atoms with Crippen molar-refractivity contribution in [2.45, 2.75) is 12.1 Å². The molecule has 11 nitrogen and oxygen atoms in total. The second-order valence-corrected chi connectivity index (χ2v) is 9.33. The highest BCUT2D eigenvalue weighted by Gasteiger charge is 2.42. The van der Waals surface area contributed by atoms with E-state index in [1.54, 1.807) is 30.5 Å². The predicted octanol–water partition coefficient (Wildman–Crippen LogP) is 4.55. The molecule has 1 aliphatic rings. The van der Waals surface area contributed by atoms with E-state index in [4.69, 9.17) is 21.7 Å². The fourth-order valence-electron chi connectivity index (χ4n) is 4.80. The summed E-state index contributed by atoms with van der Waals surface area (Å²) in [5, 5.41) is 17.9. The molecule has 12 heteroatoms. The number of carbonyl (C=O) groups is 1. The SMILES string of the molecule is COCC(=O)Nc1cc(N2C(=S)N[C@H](c3ccccn3)[C@@H]2c2cccn2-c2ccc([N+](=O)[O-])cc2)ccc1OC. The van der Waals surface area contributed by atoms with Crippen molar-refractivity contribution in [3.05, 3.63) is 107 Å². The summed E-state index contributed by atoms with van der Waals surface area (Å²) in [6.45, 7) is -0.107. The second kappa shape index (κ2) is 11.5. The van der Waals surface area contributed by atoms with Crippen molar-refractivity contribution in [3.63, 3.8) is 0 Å². The summed E-state index contributed by atoms with van der Waals surface area (Å²) in [5.41, 5.74) is 3.61. The minimum absolute atomic E-state index is 0.00966. The van der Waals surface area contributed by atoms with Crippen LogP contribution in [0.1, 0.15) is 23.5 Å². The third kappa shape index (κ3) is 5.22. The predicted molar refractivity (Wildman–Crippen MR) is 154 cm³/mol. The molecule has 4 aromatic rings. The molecule has 1 amide bonds. The molecule has 0 radical (unpaired) electrons. The first-order chi connectivity index (χ1) is 19.4. The van der Waals surface area contributed by atoms with Crippen LogP contribution in [-0.4, -0.2) is 46.3 Å². The van der Waals surface area contributed by atoms with Gasteiger partial charge in [0.05, 0.1) is 29.5 Å². The zero-order valence-electron chi connectivity index (χ0n) is 21.7. The second-order valence-electron chi connectivity index (χ2n) is 8.94. The smallest absolute Gasteiger partial charge is 0.269 e. The Hall–Kier alpha value is -4.81. The number of hydrogen-bond donors (Lipinski definition) is 2. The molecule has 204 valence electrons. The summed E-state index contributed by atoms with van der Waals surface area (Å²) >= 11 is 5.85. The number of methoxy groups -OCH3 is 2. The van der Waals surface area contributed by atoms with Crippen LogP contribution in [-0.2, 0) is 9.53 Å². The number of thiocarbonyl (C=S) groups is 1. The third-order valence-corrected chi connectivity index (χ3v) is 6.85. The Kier molecular flexibility index (Phi) is 7.71. The molecule has 1 fully saturated rings. The highest BCUT2D eigenvalue weighted by molar-refractivity contribution is 7.80. The van der Waals surface area contributed by atoms with Crippen LogP contribution in [0.25, 0.3) is 5.69 Å². The van der Waals surface area contributed by atoms with Crippen molar-refractivity contribution in [1.82, 2.24) is 14.9 Å². The van der Waals surface area contributed by atoms with Gasteiger partial charge >= 0.3 is 0 Å². The van der Waals surface area contributed by atoms with Crippen molar-refractivity contribution in [2.24, 2.45) is 0 Å². The van der Waals surface area contributed by atoms with Crippen molar-refractivity contribution in [3.8, 4) is 11.4 Å². The lowest BCUT2D eigenvalue weighted by atomic mass is 10.0. The first kappa shape index (κ1) is 26.8. The van der Waals surface area contributed by atoms with Crippen molar-refractivity contribution >= 4 is 40.3 Å². The summed E-state index contributed by atoms with van der Waals surface area (Å²) in [7, 11) is 2.98. The van der Waals surface area contributed by atoms with E-state index in [0.717, 1.165) is 17.1 Å². The molecule has 0 aliphatic carbocycles. The Balaban J connectivity index is 1.62. The van der Waals surface area contributed by atoms with Crippen LogP contribution < -0.4 is 20.3 Å². The van der Waals surface area contributed by atoms with Crippen LogP contribution in [0.3, 0.4) is 0 Å². The summed E-state index contributed by atoms with van der Waals surface area (Å²) in [4.78, 5) is 29.7. The maximum absolute atomic E-state index is 12.3. The molecule has 1 saturated heterocycles. The topological polar surface area (TPSA) is 124 Å². The number of hydrogen-bond acceptors (Lipinski definition) is 7. The number of benzene rings is 2. The van der Waals surface area contributed by atoms with Crippen molar-refractivity contribution < 1.29 is 19.2 Å². The number of aromatic nitrogens is 2. The van der Waals surface area contributed by atoms with Gasteiger partial charge in [-0.2, -0.15) is 0 Å². The minimum Gasteiger partial charge on any atom is -0.495 e. The Morgan fingerprint density at radius 2 is 1.88 bits per heavy atom. The number of anilines is 2. The lowest BCUT2D eigenvalue weighted by Crippen LogP contribution is -2.30. The van der Waals surface area contributed by atoms with Gasteiger partial charge in [0.2, 0.25) is 5.91 Å². The molecule has 5 rings (SSSR count). The fourth-order valence-corrected chi connectivity index (χ4v) is 5.15. The van der Waals surface area contributed by atoms with E-state index in [-0.39, 0.29) is 30.3 Å². The van der Waals surface area contributed by atoms with Crippen LogP contribution in [0, 0.1) is 10.1 Å². The summed E-state index contributed by atoms with van der Waals surface area (Å²) in [5.74, 6) is 0.161. The van der Waals surface area contributed by atoms with Gasteiger partial charge in [0.25, 0.3) is 5.69 Å². The van der Waals surface area contributed by atoms with Gasteiger partial charge in [-0.05, 0) is 66.8 Å². The van der Waals surface area contributed by atoms with Crippen molar-refractivity contribution in [1.29, 1.82) is 0 Å². The van der Waals surface area contributed by atoms with Crippen LogP contribution in [0.5, 0.6) is 5.75 Å². The van der Waals surface area contributed by atoms with Crippen LogP contribution in [0.2, 0.25) is 0 Å². The zero-order chi connectivity index (χ0) is 28.2. The average Bonchev–Trinajstić information content (AvgIpc) is 3.58. The Labute approximate surface area is 235 Å². The number of nitro groups is 1. The van der Waals surface area contributed by atoms with Crippen LogP contribution in [0.4, 0.5) is 17.1 Å². The maximum Gasteiger partial charge on any atom is 0.269 e. The molecular weight excluding hydrogens is 532 g/mol. The number of amides is 1. The van der Waals surface area contributed by atoms with Crippen LogP contribution >= 0.6 is 12.2 Å². The quantitative estimate of drug-likeness (QED) is 0.173. The number of nitro benzene ring substituents is 1. The highest BCUT2D eigenvalue weighted by atomic mass is 32.1. The Bertz CT molecular complexity index is 1540. The normalized spacial score (nSPS) is 16.4. The monoisotopic (exact) mass is 558 g/mol. The van der Waals surface area contributed by atoms with Gasteiger partial charge < -0.3 is 29.6 Å². The molecule has 2 aromatic heterocycles. The molecule has 2 aromatic carbocycles. The molecule has 1 aliphatic heterocycles. The van der Waals surface area contributed by atoms with E-state index in [1.165, 1.54) is 26.4 Å². The molecule has 3 heterocycles. The minimum atomic E-state index is -0.425. The molecule has 2 atom stereocenters. The molecule has 0 bridgehead atoms. The molecule has 2 N–H and O–H groups in total. The average molecular weight is 559 g/mol. The van der Waals surface area contributed by atoms with Gasteiger partial charge in [0.15, 0.2) is 5.11 Å². The van der Waals surface area contributed by atoms with Crippen molar-refractivity contribution in [2.75, 3.05) is 31.0 Å². The molecule has 40 heavy (non-hydrogen) atoms. The Morgan fingerprint density at radius 3 is 2.55 bits per heavy atom. The number of pyridine rings is 1. The van der Waals surface area contributed by atoms with E-state index in [1.807, 2.05) is 52.1 Å². The van der Waals surface area contributed by atoms with Gasteiger partial charge in [-0.3, -0.25) is 19.9 Å². The molecule has 0 saturated carbocycles. The maximum atomic E-state index is 12.3. The molecule has 0 spiro atoms. The summed E-state index contributed by atoms with van der Waals surface area (Å²) < 4.78 is 12.4. The lowest BCUT2D eigenvalue weighted by Gasteiger charge is -2.29. The van der Waals surface area contributed by atoms with Gasteiger partial charge in [0.1, 0.15) is 18.4 Å². The number of non-ortho nitro benzene ring substituents is 1. The van der Waals surface area contributed by atoms with Gasteiger partial charge in [0, 0.05) is 48.7 Å².